The maximum atomic E-state index is 12.7. The number of carboxylic acid groups (broad SMARTS) is 1. The summed E-state index contributed by atoms with van der Waals surface area (Å²) in [5.74, 6) is -1.88. The van der Waals surface area contributed by atoms with Gasteiger partial charge in [-0.15, -0.1) is 0 Å². The van der Waals surface area contributed by atoms with E-state index in [0.717, 1.165) is 0 Å². The molecule has 0 saturated carbocycles. The zero-order valence-electron chi connectivity index (χ0n) is 14.5. The number of hydrogen-bond acceptors (Lipinski definition) is 4. The van der Waals surface area contributed by atoms with Gasteiger partial charge in [0.2, 0.25) is 5.91 Å². The van der Waals surface area contributed by atoms with Gasteiger partial charge in [-0.1, -0.05) is 18.2 Å². The van der Waals surface area contributed by atoms with E-state index in [9.17, 15) is 19.5 Å². The first-order valence-corrected chi connectivity index (χ1v) is 8.38. The van der Waals surface area contributed by atoms with Gasteiger partial charge in [-0.25, -0.2) is 9.48 Å². The second-order valence-electron chi connectivity index (χ2n) is 6.41. The van der Waals surface area contributed by atoms with Gasteiger partial charge in [0, 0.05) is 18.7 Å². The second kappa shape index (κ2) is 6.99. The van der Waals surface area contributed by atoms with E-state index in [1.807, 2.05) is 19.9 Å². The van der Waals surface area contributed by atoms with Crippen molar-refractivity contribution in [3.8, 4) is 5.69 Å². The van der Waals surface area contributed by atoms with Crippen molar-refractivity contribution in [3.63, 3.8) is 0 Å². The minimum atomic E-state index is -1.23. The van der Waals surface area contributed by atoms with Crippen molar-refractivity contribution in [2.24, 2.45) is 0 Å². The fourth-order valence-corrected chi connectivity index (χ4v) is 2.99. The quantitative estimate of drug-likeness (QED) is 0.840. The van der Waals surface area contributed by atoms with Crippen LogP contribution in [0.1, 0.15) is 41.2 Å². The molecule has 1 aromatic carbocycles. The summed E-state index contributed by atoms with van der Waals surface area (Å²) in [7, 11) is 0. The van der Waals surface area contributed by atoms with Crippen LogP contribution in [0.5, 0.6) is 0 Å². The molecular weight excluding hydrogens is 336 g/mol. The first kappa shape index (κ1) is 17.7. The summed E-state index contributed by atoms with van der Waals surface area (Å²) in [5.41, 5.74) is 0.400. The molecule has 2 N–H and O–H groups in total. The molecule has 0 spiro atoms. The number of carboxylic acids is 1. The number of nitrogens with zero attached hydrogens (tertiary/aromatic N) is 3. The third kappa shape index (κ3) is 3.30. The average molecular weight is 356 g/mol. The topological polar surface area (TPSA) is 105 Å². The van der Waals surface area contributed by atoms with Crippen LogP contribution in [0.2, 0.25) is 0 Å². The Kier molecular flexibility index (Phi) is 4.75. The third-order valence-electron chi connectivity index (χ3n) is 4.33. The highest BCUT2D eigenvalue weighted by atomic mass is 16.4. The monoisotopic (exact) mass is 356 g/mol. The van der Waals surface area contributed by atoms with Crippen molar-refractivity contribution in [1.82, 2.24) is 20.0 Å². The zero-order chi connectivity index (χ0) is 18.8. The number of likely N-dealkylation sites (tertiary alicyclic amines) is 1. The molecule has 1 atom stereocenters. The lowest BCUT2D eigenvalue weighted by Gasteiger charge is -2.21. The molecule has 0 radical (unpaired) electrons. The first-order chi connectivity index (χ1) is 12.4. The number of aromatic nitrogens is 2. The summed E-state index contributed by atoms with van der Waals surface area (Å²) < 4.78 is 1.28. The maximum absolute atomic E-state index is 12.7. The Labute approximate surface area is 150 Å². The maximum Gasteiger partial charge on any atom is 0.356 e. The molecule has 3 rings (SSSR count). The number of amides is 2. The van der Waals surface area contributed by atoms with Gasteiger partial charge in [0.25, 0.3) is 5.91 Å². The normalized spacial score (nSPS) is 17.0. The van der Waals surface area contributed by atoms with Crippen LogP contribution in [-0.4, -0.2) is 56.2 Å². The van der Waals surface area contributed by atoms with Crippen LogP contribution in [0.3, 0.4) is 0 Å². The average Bonchev–Trinajstić information content (AvgIpc) is 3.20. The van der Waals surface area contributed by atoms with Crippen LogP contribution in [0.15, 0.2) is 36.4 Å². The molecule has 26 heavy (non-hydrogen) atoms. The van der Waals surface area contributed by atoms with E-state index in [1.54, 1.807) is 29.2 Å². The van der Waals surface area contributed by atoms with E-state index in [0.29, 0.717) is 18.7 Å². The molecule has 2 aromatic rings. The number of carbonyl (C=O) groups excluding carboxylic acids is 2. The molecule has 2 amide bonds. The summed E-state index contributed by atoms with van der Waals surface area (Å²) >= 11 is 0. The van der Waals surface area contributed by atoms with E-state index < -0.39 is 17.9 Å². The molecule has 136 valence electrons. The van der Waals surface area contributed by atoms with E-state index in [2.05, 4.69) is 10.4 Å². The highest BCUT2D eigenvalue weighted by Crippen LogP contribution is 2.17. The van der Waals surface area contributed by atoms with Gasteiger partial charge in [0.05, 0.1) is 5.69 Å². The minimum Gasteiger partial charge on any atom is -0.476 e. The number of hydrogen-bond donors (Lipinski definition) is 2. The Bertz CT molecular complexity index is 844. The van der Waals surface area contributed by atoms with E-state index in [-0.39, 0.29) is 23.3 Å². The van der Waals surface area contributed by atoms with Gasteiger partial charge in [0.1, 0.15) is 11.7 Å². The van der Waals surface area contributed by atoms with E-state index in [1.165, 1.54) is 10.7 Å². The Balaban J connectivity index is 1.88. The Morgan fingerprint density at radius 1 is 1.27 bits per heavy atom. The minimum absolute atomic E-state index is 0.0675. The van der Waals surface area contributed by atoms with Gasteiger partial charge < -0.3 is 15.3 Å². The van der Waals surface area contributed by atoms with Gasteiger partial charge in [-0.05, 0) is 32.4 Å². The van der Waals surface area contributed by atoms with Crippen LogP contribution >= 0.6 is 0 Å². The van der Waals surface area contributed by atoms with Gasteiger partial charge in [-0.3, -0.25) is 9.59 Å². The largest absolute Gasteiger partial charge is 0.476 e. The molecule has 1 saturated heterocycles. The summed E-state index contributed by atoms with van der Waals surface area (Å²) in [6.45, 7) is 4.43. The lowest BCUT2D eigenvalue weighted by molar-refractivity contribution is -0.130. The molecular formula is C18H20N4O4. The second-order valence-corrected chi connectivity index (χ2v) is 6.41. The van der Waals surface area contributed by atoms with Crippen LogP contribution in [0.25, 0.3) is 5.69 Å². The van der Waals surface area contributed by atoms with Crippen LogP contribution in [0, 0.1) is 0 Å². The predicted octanol–water partition coefficient (Wildman–Crippen LogP) is 1.31. The van der Waals surface area contributed by atoms with E-state index in [4.69, 9.17) is 0 Å². The van der Waals surface area contributed by atoms with Crippen molar-refractivity contribution in [2.75, 3.05) is 6.54 Å². The molecule has 0 unspecified atom stereocenters. The molecule has 1 aliphatic heterocycles. The summed E-state index contributed by atoms with van der Waals surface area (Å²) in [4.78, 5) is 38.1. The Hall–Kier alpha value is -3.16. The van der Waals surface area contributed by atoms with Crippen molar-refractivity contribution in [2.45, 2.75) is 32.4 Å². The van der Waals surface area contributed by atoms with Crippen LogP contribution < -0.4 is 5.32 Å². The molecule has 1 aliphatic rings. The lowest BCUT2D eigenvalue weighted by atomic mass is 10.2. The molecule has 0 aliphatic carbocycles. The number of aromatic carboxylic acids is 1. The molecule has 2 heterocycles. The summed E-state index contributed by atoms with van der Waals surface area (Å²) in [6.07, 6.45) is 0.522. The summed E-state index contributed by atoms with van der Waals surface area (Å²) in [6, 6.07) is 9.44. The van der Waals surface area contributed by atoms with Crippen molar-refractivity contribution in [1.29, 1.82) is 0 Å². The van der Waals surface area contributed by atoms with E-state index >= 15 is 0 Å². The smallest absolute Gasteiger partial charge is 0.356 e. The van der Waals surface area contributed by atoms with Crippen molar-refractivity contribution in [3.05, 3.63) is 47.8 Å². The Morgan fingerprint density at radius 2 is 1.96 bits per heavy atom. The molecule has 1 fully saturated rings. The van der Waals surface area contributed by atoms with Crippen LogP contribution in [0.4, 0.5) is 0 Å². The van der Waals surface area contributed by atoms with Gasteiger partial charge >= 0.3 is 5.97 Å². The molecule has 0 bridgehead atoms. The Morgan fingerprint density at radius 3 is 2.54 bits per heavy atom. The number of para-hydroxylation sites is 1. The van der Waals surface area contributed by atoms with Crippen molar-refractivity contribution < 1.29 is 19.5 Å². The standard InChI is InChI=1S/C18H20N4O4/c1-11(2)21-9-8-13(17(21)24)19-16(23)15-10-14(18(25)26)20-22(15)12-6-4-3-5-7-12/h3-7,10-11,13H,8-9H2,1-2H3,(H,19,23)(H,25,26)/t13-/m0/s1. The van der Waals surface area contributed by atoms with Gasteiger partial charge in [0.15, 0.2) is 5.69 Å². The number of rotatable bonds is 5. The zero-order valence-corrected chi connectivity index (χ0v) is 14.5. The lowest BCUT2D eigenvalue weighted by Crippen LogP contribution is -2.43. The molecule has 1 aromatic heterocycles. The molecule has 8 heteroatoms. The number of nitrogens with one attached hydrogen (secondary N) is 1. The first-order valence-electron chi connectivity index (χ1n) is 8.38. The fraction of sp³-hybridized carbons (Fsp3) is 0.333. The molecule has 8 nitrogen and oxygen atoms in total. The van der Waals surface area contributed by atoms with Crippen molar-refractivity contribution >= 4 is 17.8 Å². The summed E-state index contributed by atoms with van der Waals surface area (Å²) in [5, 5.41) is 15.9. The highest BCUT2D eigenvalue weighted by molar-refractivity contribution is 5.99. The SMILES string of the molecule is CC(C)N1CC[C@H](NC(=O)c2cc(C(=O)O)nn2-c2ccccc2)C1=O. The number of carbonyl (C=O) groups is 3. The third-order valence-corrected chi connectivity index (χ3v) is 4.33. The predicted molar refractivity (Wildman–Crippen MR) is 93.2 cm³/mol. The van der Waals surface area contributed by atoms with Gasteiger partial charge in [-0.2, -0.15) is 5.10 Å². The van der Waals surface area contributed by atoms with Crippen LogP contribution in [-0.2, 0) is 4.79 Å². The highest BCUT2D eigenvalue weighted by Gasteiger charge is 2.35. The number of benzene rings is 1. The fourth-order valence-electron chi connectivity index (χ4n) is 2.99.